The number of alkyl halides is 3. The fraction of sp³-hybridized carbons (Fsp3) is 0.273. The Hall–Kier alpha value is -3.09. The zero-order chi connectivity index (χ0) is 21.6. The summed E-state index contributed by atoms with van der Waals surface area (Å²) in [6.07, 6.45) is -1.11. The van der Waals surface area contributed by atoms with E-state index in [-0.39, 0.29) is 29.1 Å². The average Bonchev–Trinajstić information content (AvgIpc) is 2.74. The summed E-state index contributed by atoms with van der Waals surface area (Å²) < 4.78 is 45.2. The Morgan fingerprint density at radius 1 is 1.10 bits per heavy atom. The van der Waals surface area contributed by atoms with Gasteiger partial charge in [0, 0.05) is 17.5 Å². The van der Waals surface area contributed by atoms with E-state index in [9.17, 15) is 27.9 Å². The standard InChI is InChI=1S/C20H15F3O4.C2H6/c21-11-20(22,23)18-15(19(25)26)10-14-9-13(6-7-17(14)27-18)16(24)8-12-4-2-1-3-5-12;1-2/h1-7,9-10,18H,8,11H2,(H,25,26);1-2H3. The molecular formula is C22H21F3O4. The van der Waals surface area contributed by atoms with Crippen LogP contribution in [0.3, 0.4) is 0 Å². The number of carboxylic acids is 1. The fourth-order valence-electron chi connectivity index (χ4n) is 2.82. The van der Waals surface area contributed by atoms with E-state index in [1.54, 1.807) is 24.3 Å². The van der Waals surface area contributed by atoms with Crippen LogP contribution in [0.25, 0.3) is 6.08 Å². The van der Waals surface area contributed by atoms with Crippen LogP contribution < -0.4 is 4.74 Å². The molecule has 2 aromatic carbocycles. The predicted molar refractivity (Wildman–Crippen MR) is 103 cm³/mol. The highest BCUT2D eigenvalue weighted by atomic mass is 19.3. The van der Waals surface area contributed by atoms with Gasteiger partial charge in [0.2, 0.25) is 0 Å². The topological polar surface area (TPSA) is 63.6 Å². The number of halogens is 3. The fourth-order valence-corrected chi connectivity index (χ4v) is 2.82. The van der Waals surface area contributed by atoms with Crippen molar-refractivity contribution in [3.8, 4) is 5.75 Å². The smallest absolute Gasteiger partial charge is 0.335 e. The van der Waals surface area contributed by atoms with Gasteiger partial charge in [0.05, 0.1) is 5.57 Å². The second-order valence-corrected chi connectivity index (χ2v) is 6.14. The van der Waals surface area contributed by atoms with Crippen LogP contribution in [0.4, 0.5) is 13.2 Å². The molecule has 1 N–H and O–H groups in total. The molecule has 0 radical (unpaired) electrons. The Kier molecular flexibility index (Phi) is 7.20. The summed E-state index contributed by atoms with van der Waals surface area (Å²) >= 11 is 0. The number of hydrogen-bond donors (Lipinski definition) is 1. The molecule has 29 heavy (non-hydrogen) atoms. The molecule has 2 aromatic rings. The number of ketones is 1. The van der Waals surface area contributed by atoms with Gasteiger partial charge in [-0.15, -0.1) is 0 Å². The largest absolute Gasteiger partial charge is 0.478 e. The van der Waals surface area contributed by atoms with Crippen molar-refractivity contribution < 1.29 is 32.6 Å². The number of carboxylic acid groups (broad SMARTS) is 1. The maximum Gasteiger partial charge on any atom is 0.335 e. The SMILES string of the molecule is CC.O=C(O)C1=Cc2cc(C(=O)Cc3ccccc3)ccc2OC1C(F)(F)CF. The minimum atomic E-state index is -3.98. The predicted octanol–water partition coefficient (Wildman–Crippen LogP) is 4.97. The quantitative estimate of drug-likeness (QED) is 0.688. The van der Waals surface area contributed by atoms with Gasteiger partial charge in [-0.05, 0) is 29.8 Å². The molecule has 0 aliphatic carbocycles. The van der Waals surface area contributed by atoms with Crippen LogP contribution in [-0.2, 0) is 11.2 Å². The van der Waals surface area contributed by atoms with Crippen molar-refractivity contribution in [1.29, 1.82) is 0 Å². The zero-order valence-corrected chi connectivity index (χ0v) is 16.0. The first-order valence-electron chi connectivity index (χ1n) is 9.08. The summed E-state index contributed by atoms with van der Waals surface area (Å²) in [6, 6.07) is 13.1. The van der Waals surface area contributed by atoms with E-state index < -0.39 is 30.2 Å². The summed E-state index contributed by atoms with van der Waals surface area (Å²) in [5, 5.41) is 9.20. The van der Waals surface area contributed by atoms with Crippen molar-refractivity contribution in [2.75, 3.05) is 6.67 Å². The van der Waals surface area contributed by atoms with E-state index in [4.69, 9.17) is 4.74 Å². The van der Waals surface area contributed by atoms with Crippen LogP contribution >= 0.6 is 0 Å². The highest BCUT2D eigenvalue weighted by Crippen LogP contribution is 2.37. The molecule has 0 bridgehead atoms. The van der Waals surface area contributed by atoms with Crippen LogP contribution in [-0.4, -0.2) is 35.6 Å². The maximum absolute atomic E-state index is 13.7. The highest BCUT2D eigenvalue weighted by Gasteiger charge is 2.48. The number of rotatable bonds is 6. The van der Waals surface area contributed by atoms with E-state index in [0.717, 1.165) is 11.6 Å². The minimum absolute atomic E-state index is 0.0330. The number of ether oxygens (including phenoxy) is 1. The number of hydrogen-bond acceptors (Lipinski definition) is 3. The number of benzene rings is 2. The molecule has 1 aliphatic rings. The molecule has 0 fully saturated rings. The molecule has 0 spiro atoms. The van der Waals surface area contributed by atoms with Crippen molar-refractivity contribution in [2.24, 2.45) is 0 Å². The molecule has 1 aliphatic heterocycles. The van der Waals surface area contributed by atoms with E-state index in [1.165, 1.54) is 18.2 Å². The van der Waals surface area contributed by atoms with Crippen LogP contribution in [0.1, 0.15) is 35.3 Å². The Balaban J connectivity index is 0.00000145. The van der Waals surface area contributed by atoms with Gasteiger partial charge in [0.15, 0.2) is 18.6 Å². The first kappa shape index (κ1) is 22.2. The summed E-state index contributed by atoms with van der Waals surface area (Å²) in [7, 11) is 0. The van der Waals surface area contributed by atoms with E-state index in [2.05, 4.69) is 0 Å². The molecule has 0 amide bonds. The van der Waals surface area contributed by atoms with Gasteiger partial charge in [-0.25, -0.2) is 9.18 Å². The van der Waals surface area contributed by atoms with Gasteiger partial charge in [-0.2, -0.15) is 8.78 Å². The molecule has 0 saturated heterocycles. The number of aliphatic carboxylic acids is 1. The molecule has 1 heterocycles. The van der Waals surface area contributed by atoms with E-state index >= 15 is 0 Å². The number of fused-ring (bicyclic) bond motifs is 1. The Bertz CT molecular complexity index is 908. The third-order valence-electron chi connectivity index (χ3n) is 4.19. The molecule has 0 saturated carbocycles. The van der Waals surface area contributed by atoms with Gasteiger partial charge in [-0.1, -0.05) is 44.2 Å². The van der Waals surface area contributed by atoms with Gasteiger partial charge < -0.3 is 9.84 Å². The summed E-state index contributed by atoms with van der Waals surface area (Å²) in [5.74, 6) is -5.87. The normalized spacial score (nSPS) is 15.2. The summed E-state index contributed by atoms with van der Waals surface area (Å²) in [5.41, 5.74) is 0.508. The van der Waals surface area contributed by atoms with Crippen molar-refractivity contribution in [3.63, 3.8) is 0 Å². The Morgan fingerprint density at radius 3 is 2.34 bits per heavy atom. The van der Waals surface area contributed by atoms with Crippen molar-refractivity contribution in [3.05, 3.63) is 70.8 Å². The zero-order valence-electron chi connectivity index (χ0n) is 16.0. The van der Waals surface area contributed by atoms with Crippen molar-refractivity contribution in [2.45, 2.75) is 32.3 Å². The lowest BCUT2D eigenvalue weighted by atomic mass is 9.95. The second kappa shape index (κ2) is 9.41. The van der Waals surface area contributed by atoms with Gasteiger partial charge in [0.1, 0.15) is 5.75 Å². The second-order valence-electron chi connectivity index (χ2n) is 6.14. The van der Waals surface area contributed by atoms with E-state index in [0.29, 0.717) is 0 Å². The van der Waals surface area contributed by atoms with Crippen molar-refractivity contribution >= 4 is 17.8 Å². The molecule has 7 heteroatoms. The number of Topliss-reactive ketones (excluding diaryl/α,β-unsaturated/α-hetero) is 1. The lowest BCUT2D eigenvalue weighted by Gasteiger charge is -2.30. The molecular weight excluding hydrogens is 385 g/mol. The Labute approximate surface area is 166 Å². The van der Waals surface area contributed by atoms with Gasteiger partial charge in [0.25, 0.3) is 0 Å². The Morgan fingerprint density at radius 2 is 1.76 bits per heavy atom. The third-order valence-corrected chi connectivity index (χ3v) is 4.19. The number of carbonyl (C=O) groups is 2. The third kappa shape index (κ3) is 5.04. The summed E-state index contributed by atoms with van der Waals surface area (Å²) in [6.45, 7) is 1.95. The van der Waals surface area contributed by atoms with Crippen LogP contribution in [0.5, 0.6) is 5.75 Å². The molecule has 4 nitrogen and oxygen atoms in total. The molecule has 1 atom stereocenters. The molecule has 154 valence electrons. The van der Waals surface area contributed by atoms with Crippen LogP contribution in [0.15, 0.2) is 54.1 Å². The van der Waals surface area contributed by atoms with Crippen LogP contribution in [0.2, 0.25) is 0 Å². The van der Waals surface area contributed by atoms with E-state index in [1.807, 2.05) is 19.9 Å². The van der Waals surface area contributed by atoms with Gasteiger partial charge in [-0.3, -0.25) is 4.79 Å². The molecule has 3 rings (SSSR count). The molecule has 0 aromatic heterocycles. The average molecular weight is 406 g/mol. The first-order chi connectivity index (χ1) is 13.8. The lowest BCUT2D eigenvalue weighted by Crippen LogP contribution is -2.44. The highest BCUT2D eigenvalue weighted by molar-refractivity contribution is 5.99. The molecule has 1 unspecified atom stereocenters. The number of carbonyl (C=O) groups excluding carboxylic acids is 1. The first-order valence-corrected chi connectivity index (χ1v) is 9.08. The van der Waals surface area contributed by atoms with Crippen LogP contribution in [0, 0.1) is 0 Å². The summed E-state index contributed by atoms with van der Waals surface area (Å²) in [4.78, 5) is 23.8. The lowest BCUT2D eigenvalue weighted by molar-refractivity contribution is -0.139. The van der Waals surface area contributed by atoms with Crippen molar-refractivity contribution in [1.82, 2.24) is 0 Å². The maximum atomic E-state index is 13.7. The monoisotopic (exact) mass is 406 g/mol. The van der Waals surface area contributed by atoms with Gasteiger partial charge >= 0.3 is 11.9 Å². The minimum Gasteiger partial charge on any atom is -0.478 e.